The van der Waals surface area contributed by atoms with E-state index < -0.39 is 0 Å². The number of esters is 1. The van der Waals surface area contributed by atoms with E-state index in [1.807, 2.05) is 6.92 Å². The maximum absolute atomic E-state index is 12.4. The molecule has 2 aliphatic rings. The van der Waals surface area contributed by atoms with Gasteiger partial charge in [-0.2, -0.15) is 0 Å². The topological polar surface area (TPSA) is 71.9 Å². The Balaban J connectivity index is 2.19. The van der Waals surface area contributed by atoms with Gasteiger partial charge in [0, 0.05) is 0 Å². The number of rotatable bonds is 5. The number of amides is 2. The quantitative estimate of drug-likeness (QED) is 0.653. The molecule has 130 valence electrons. The first-order chi connectivity index (χ1) is 11.2. The predicted octanol–water partition coefficient (Wildman–Crippen LogP) is 0.744. The minimum atomic E-state index is -0.312. The molecule has 0 aliphatic carbocycles. The van der Waals surface area contributed by atoms with Crippen molar-refractivity contribution in [2.45, 2.75) is 58.4 Å². The summed E-state index contributed by atoms with van der Waals surface area (Å²) >= 11 is 0. The summed E-state index contributed by atoms with van der Waals surface area (Å²) in [4.78, 5) is 25.7. The molecule has 0 aromatic heterocycles. The van der Waals surface area contributed by atoms with Crippen molar-refractivity contribution in [2.24, 2.45) is 0 Å². The molecule has 6 heteroatoms. The van der Waals surface area contributed by atoms with E-state index in [4.69, 9.17) is 4.74 Å². The zero-order chi connectivity index (χ0) is 16.7. The molecular weight excluding hydrogens is 294 g/mol. The number of quaternary nitrogens is 1. The van der Waals surface area contributed by atoms with Gasteiger partial charge in [-0.05, 0) is 39.0 Å². The Morgan fingerprint density at radius 3 is 2.43 bits per heavy atom. The number of nitrogens with one attached hydrogen (secondary N) is 3. The van der Waals surface area contributed by atoms with Crippen LogP contribution in [0.3, 0.4) is 0 Å². The van der Waals surface area contributed by atoms with Gasteiger partial charge in [0.1, 0.15) is 6.54 Å². The van der Waals surface area contributed by atoms with Crippen molar-refractivity contribution in [1.82, 2.24) is 10.6 Å². The van der Waals surface area contributed by atoms with Gasteiger partial charge < -0.3 is 20.3 Å². The summed E-state index contributed by atoms with van der Waals surface area (Å²) in [5.74, 6) is -0.312. The van der Waals surface area contributed by atoms with Gasteiger partial charge in [-0.1, -0.05) is 13.3 Å². The molecule has 2 heterocycles. The fourth-order valence-corrected chi connectivity index (χ4v) is 3.43. The summed E-state index contributed by atoms with van der Waals surface area (Å²) < 4.78 is 5.22. The van der Waals surface area contributed by atoms with Crippen molar-refractivity contribution in [1.29, 1.82) is 0 Å². The van der Waals surface area contributed by atoms with E-state index in [1.54, 1.807) is 6.92 Å². The van der Waals surface area contributed by atoms with E-state index in [0.717, 1.165) is 18.8 Å². The van der Waals surface area contributed by atoms with Crippen LogP contribution in [0.5, 0.6) is 0 Å². The number of hydrogen-bond acceptors (Lipinski definition) is 3. The van der Waals surface area contributed by atoms with Gasteiger partial charge in [-0.25, -0.2) is 9.59 Å². The summed E-state index contributed by atoms with van der Waals surface area (Å²) in [6.45, 7) is 7.00. The highest BCUT2D eigenvalue weighted by atomic mass is 16.5. The van der Waals surface area contributed by atoms with E-state index in [9.17, 15) is 9.59 Å². The highest BCUT2D eigenvalue weighted by Crippen LogP contribution is 2.16. The van der Waals surface area contributed by atoms with Gasteiger partial charge in [0.05, 0.1) is 37.0 Å². The van der Waals surface area contributed by atoms with Crippen molar-refractivity contribution >= 4 is 12.0 Å². The summed E-state index contributed by atoms with van der Waals surface area (Å²) in [5.41, 5.74) is 1.35. The number of carbonyl (C=O) groups is 2. The van der Waals surface area contributed by atoms with Crippen molar-refractivity contribution in [3.63, 3.8) is 0 Å². The average molecular weight is 324 g/mol. The molecule has 2 rings (SSSR count). The van der Waals surface area contributed by atoms with Crippen molar-refractivity contribution in [3.8, 4) is 0 Å². The molecule has 1 saturated heterocycles. The van der Waals surface area contributed by atoms with Crippen LogP contribution in [-0.4, -0.2) is 44.3 Å². The lowest BCUT2D eigenvalue weighted by atomic mass is 9.99. The van der Waals surface area contributed by atoms with Crippen LogP contribution in [0, 0.1) is 0 Å². The van der Waals surface area contributed by atoms with Crippen LogP contribution >= 0.6 is 0 Å². The molecule has 6 nitrogen and oxygen atoms in total. The van der Waals surface area contributed by atoms with Crippen LogP contribution in [0.1, 0.15) is 52.4 Å². The zero-order valence-electron chi connectivity index (χ0n) is 14.4. The number of likely N-dealkylation sites (tertiary alicyclic amines) is 1. The minimum absolute atomic E-state index is 0.216. The van der Waals surface area contributed by atoms with Crippen molar-refractivity contribution < 1.29 is 19.2 Å². The van der Waals surface area contributed by atoms with Gasteiger partial charge in [0.2, 0.25) is 0 Å². The number of hydrogen-bond donors (Lipinski definition) is 3. The van der Waals surface area contributed by atoms with Crippen LogP contribution in [0.15, 0.2) is 11.3 Å². The molecule has 0 bridgehead atoms. The van der Waals surface area contributed by atoms with E-state index >= 15 is 0 Å². The second-order valence-electron chi connectivity index (χ2n) is 6.37. The first-order valence-corrected chi connectivity index (χ1v) is 8.97. The van der Waals surface area contributed by atoms with Crippen LogP contribution in [0.4, 0.5) is 4.79 Å². The summed E-state index contributed by atoms with van der Waals surface area (Å²) in [6.07, 6.45) is 6.97. The third-order valence-corrected chi connectivity index (χ3v) is 4.63. The summed E-state index contributed by atoms with van der Waals surface area (Å²) in [6, 6.07) is -0.474. The normalized spacial score (nSPS) is 23.6. The van der Waals surface area contributed by atoms with Gasteiger partial charge >= 0.3 is 12.0 Å². The molecule has 1 fully saturated rings. The molecule has 2 amide bonds. The standard InChI is InChI=1S/C17H29N3O3/c1-3-13-15(16(21)23-4-2)14(19-17(22)18-13)12-20-10-8-6-5-7-9-11-20/h13H,3-12H2,1-2H3,(H2,18,19,22)/p+1/t13-/m1/s1. The van der Waals surface area contributed by atoms with Crippen LogP contribution in [0.2, 0.25) is 0 Å². The number of ether oxygens (including phenoxy) is 1. The van der Waals surface area contributed by atoms with Gasteiger partial charge in [0.15, 0.2) is 0 Å². The highest BCUT2D eigenvalue weighted by Gasteiger charge is 2.33. The van der Waals surface area contributed by atoms with E-state index in [1.165, 1.54) is 37.0 Å². The second kappa shape index (κ2) is 8.91. The lowest BCUT2D eigenvalue weighted by Crippen LogP contribution is -3.12. The van der Waals surface area contributed by atoms with Crippen LogP contribution < -0.4 is 15.5 Å². The van der Waals surface area contributed by atoms with E-state index in [2.05, 4.69) is 10.6 Å². The van der Waals surface area contributed by atoms with Crippen LogP contribution in [-0.2, 0) is 9.53 Å². The predicted molar refractivity (Wildman–Crippen MR) is 88.1 cm³/mol. The second-order valence-corrected chi connectivity index (χ2v) is 6.37. The minimum Gasteiger partial charge on any atom is -0.463 e. The summed E-state index contributed by atoms with van der Waals surface area (Å²) in [7, 11) is 0. The molecular formula is C17H30N3O3+. The molecule has 1 atom stereocenters. The average Bonchev–Trinajstić information content (AvgIpc) is 2.49. The molecule has 0 aromatic rings. The third-order valence-electron chi connectivity index (χ3n) is 4.63. The van der Waals surface area contributed by atoms with Gasteiger partial charge in [0.25, 0.3) is 0 Å². The monoisotopic (exact) mass is 324 g/mol. The first kappa shape index (κ1) is 17.8. The Bertz CT molecular complexity index is 454. The Morgan fingerprint density at radius 2 is 1.83 bits per heavy atom. The Labute approximate surface area is 138 Å². The maximum Gasteiger partial charge on any atom is 0.338 e. The largest absolute Gasteiger partial charge is 0.463 e. The fraction of sp³-hybridized carbons (Fsp3) is 0.765. The molecule has 0 aromatic carbocycles. The lowest BCUT2D eigenvalue weighted by molar-refractivity contribution is -0.896. The Morgan fingerprint density at radius 1 is 1.17 bits per heavy atom. The third kappa shape index (κ3) is 4.96. The molecule has 23 heavy (non-hydrogen) atoms. The van der Waals surface area contributed by atoms with Crippen molar-refractivity contribution in [2.75, 3.05) is 26.2 Å². The molecule has 3 N–H and O–H groups in total. The zero-order valence-corrected chi connectivity index (χ0v) is 14.4. The smallest absolute Gasteiger partial charge is 0.338 e. The van der Waals surface area contributed by atoms with E-state index in [-0.39, 0.29) is 18.0 Å². The van der Waals surface area contributed by atoms with Crippen LogP contribution in [0.25, 0.3) is 0 Å². The van der Waals surface area contributed by atoms with Gasteiger partial charge in [-0.15, -0.1) is 0 Å². The Kier molecular flexibility index (Phi) is 6.89. The Hall–Kier alpha value is -1.56. The molecule has 0 spiro atoms. The highest BCUT2D eigenvalue weighted by molar-refractivity contribution is 5.94. The molecule has 0 saturated carbocycles. The van der Waals surface area contributed by atoms with Crippen molar-refractivity contribution in [3.05, 3.63) is 11.3 Å². The molecule has 0 radical (unpaired) electrons. The number of urea groups is 1. The SMILES string of the molecule is CCOC(=O)C1=C(C[NH+]2CCCCCCC2)NC(=O)N[C@@H]1CC. The maximum atomic E-state index is 12.4. The lowest BCUT2D eigenvalue weighted by Gasteiger charge is -2.30. The molecule has 2 aliphatic heterocycles. The molecule has 0 unspecified atom stereocenters. The van der Waals surface area contributed by atoms with Gasteiger partial charge in [-0.3, -0.25) is 0 Å². The first-order valence-electron chi connectivity index (χ1n) is 8.97. The fourth-order valence-electron chi connectivity index (χ4n) is 3.43. The summed E-state index contributed by atoms with van der Waals surface area (Å²) in [5, 5.41) is 5.69. The van der Waals surface area contributed by atoms with E-state index in [0.29, 0.717) is 25.1 Å². The number of carbonyl (C=O) groups excluding carboxylic acids is 2.